The summed E-state index contributed by atoms with van der Waals surface area (Å²) in [5.74, 6) is -0.0680. The van der Waals surface area contributed by atoms with Crippen LogP contribution in [-0.4, -0.2) is 5.91 Å². The lowest BCUT2D eigenvalue weighted by atomic mass is 9.98. The highest BCUT2D eigenvalue weighted by atomic mass is 16.1. The molecule has 0 aromatic heterocycles. The van der Waals surface area contributed by atoms with E-state index in [2.05, 4.69) is 5.32 Å². The molecule has 0 bridgehead atoms. The predicted octanol–water partition coefficient (Wildman–Crippen LogP) is 5.00. The minimum Gasteiger partial charge on any atom is -0.341 e. The molecular weight excluding hydrogens is 306 g/mol. The largest absolute Gasteiger partial charge is 0.341 e. The van der Waals surface area contributed by atoms with E-state index in [1.807, 2.05) is 104 Å². The van der Waals surface area contributed by atoms with E-state index in [9.17, 15) is 4.79 Å². The maximum atomic E-state index is 12.7. The van der Waals surface area contributed by atoms with Crippen molar-refractivity contribution in [3.05, 3.63) is 113 Å². The van der Waals surface area contributed by atoms with E-state index >= 15 is 0 Å². The summed E-state index contributed by atoms with van der Waals surface area (Å²) in [6.45, 7) is 1.84. The van der Waals surface area contributed by atoms with Crippen molar-refractivity contribution in [2.45, 2.75) is 13.0 Å². The molecule has 0 atom stereocenters. The average Bonchev–Trinajstić information content (AvgIpc) is 2.68. The third-order valence-corrected chi connectivity index (χ3v) is 4.08. The smallest absolute Gasteiger partial charge is 0.247 e. The summed E-state index contributed by atoms with van der Waals surface area (Å²) in [6, 6.07) is 29.8. The summed E-state index contributed by atoms with van der Waals surface area (Å²) in [7, 11) is 0. The van der Waals surface area contributed by atoms with Gasteiger partial charge in [0, 0.05) is 5.57 Å². The van der Waals surface area contributed by atoms with Crippen molar-refractivity contribution in [1.82, 2.24) is 5.32 Å². The molecule has 3 aromatic carbocycles. The van der Waals surface area contributed by atoms with Crippen LogP contribution in [0.3, 0.4) is 0 Å². The fourth-order valence-corrected chi connectivity index (χ4v) is 2.76. The number of carbonyl (C=O) groups is 1. The number of rotatable bonds is 5. The van der Waals surface area contributed by atoms with E-state index in [1.165, 1.54) is 0 Å². The Kier molecular flexibility index (Phi) is 5.43. The minimum absolute atomic E-state index is 0.0680. The number of carbonyl (C=O) groups excluding carboxylic acids is 1. The van der Waals surface area contributed by atoms with Crippen LogP contribution < -0.4 is 5.32 Å². The Labute approximate surface area is 148 Å². The summed E-state index contributed by atoms with van der Waals surface area (Å²) in [4.78, 5) is 12.7. The molecule has 0 radical (unpaired) electrons. The summed E-state index contributed by atoms with van der Waals surface area (Å²) >= 11 is 0. The lowest BCUT2D eigenvalue weighted by Crippen LogP contribution is -2.29. The fraction of sp³-hybridized carbons (Fsp3) is 0.0870. The van der Waals surface area contributed by atoms with Crippen molar-refractivity contribution in [1.29, 1.82) is 0 Å². The third kappa shape index (κ3) is 4.45. The zero-order valence-electron chi connectivity index (χ0n) is 14.2. The quantitative estimate of drug-likeness (QED) is 0.657. The molecular formula is C23H21NO. The van der Waals surface area contributed by atoms with Crippen LogP contribution in [0.1, 0.15) is 29.7 Å². The minimum atomic E-state index is -0.172. The molecule has 0 heterocycles. The van der Waals surface area contributed by atoms with Crippen LogP contribution in [0.5, 0.6) is 0 Å². The lowest BCUT2D eigenvalue weighted by molar-refractivity contribution is -0.117. The second kappa shape index (κ2) is 8.11. The molecule has 1 N–H and O–H groups in total. The van der Waals surface area contributed by atoms with Crippen molar-refractivity contribution >= 4 is 12.0 Å². The normalized spacial score (nSPS) is 11.4. The van der Waals surface area contributed by atoms with Gasteiger partial charge in [-0.3, -0.25) is 4.79 Å². The van der Waals surface area contributed by atoms with E-state index in [1.54, 1.807) is 0 Å². The van der Waals surface area contributed by atoms with Gasteiger partial charge in [0.25, 0.3) is 0 Å². The number of hydrogen-bond donors (Lipinski definition) is 1. The van der Waals surface area contributed by atoms with Crippen LogP contribution in [0.2, 0.25) is 0 Å². The van der Waals surface area contributed by atoms with E-state index in [0.717, 1.165) is 16.7 Å². The molecule has 2 nitrogen and oxygen atoms in total. The molecule has 0 aliphatic rings. The Morgan fingerprint density at radius 3 is 1.68 bits per heavy atom. The van der Waals surface area contributed by atoms with Crippen LogP contribution in [0.4, 0.5) is 0 Å². The first kappa shape index (κ1) is 16.7. The fourth-order valence-electron chi connectivity index (χ4n) is 2.76. The van der Waals surface area contributed by atoms with Gasteiger partial charge in [-0.1, -0.05) is 91.0 Å². The third-order valence-electron chi connectivity index (χ3n) is 4.08. The molecule has 25 heavy (non-hydrogen) atoms. The van der Waals surface area contributed by atoms with Crippen LogP contribution in [0.25, 0.3) is 6.08 Å². The van der Waals surface area contributed by atoms with Gasteiger partial charge in [0.05, 0.1) is 6.04 Å². The zero-order valence-corrected chi connectivity index (χ0v) is 14.2. The molecule has 0 aliphatic heterocycles. The monoisotopic (exact) mass is 327 g/mol. The maximum absolute atomic E-state index is 12.7. The van der Waals surface area contributed by atoms with Crippen molar-refractivity contribution in [3.8, 4) is 0 Å². The highest BCUT2D eigenvalue weighted by Gasteiger charge is 2.17. The first-order chi connectivity index (χ1) is 12.2. The van der Waals surface area contributed by atoms with E-state index in [4.69, 9.17) is 0 Å². The van der Waals surface area contributed by atoms with Gasteiger partial charge in [0.1, 0.15) is 0 Å². The van der Waals surface area contributed by atoms with E-state index in [-0.39, 0.29) is 11.9 Å². The molecule has 0 aliphatic carbocycles. The molecule has 2 heteroatoms. The second-order valence-corrected chi connectivity index (χ2v) is 5.97. The van der Waals surface area contributed by atoms with Crippen LogP contribution in [-0.2, 0) is 4.79 Å². The summed E-state index contributed by atoms with van der Waals surface area (Å²) in [5.41, 5.74) is 3.83. The van der Waals surface area contributed by atoms with Gasteiger partial charge in [-0.2, -0.15) is 0 Å². The van der Waals surface area contributed by atoms with Crippen molar-refractivity contribution in [2.75, 3.05) is 0 Å². The van der Waals surface area contributed by atoms with Gasteiger partial charge < -0.3 is 5.32 Å². The first-order valence-corrected chi connectivity index (χ1v) is 8.38. The van der Waals surface area contributed by atoms with Gasteiger partial charge in [0.15, 0.2) is 0 Å². The molecule has 0 saturated heterocycles. The molecule has 0 unspecified atom stereocenters. The van der Waals surface area contributed by atoms with Crippen LogP contribution in [0, 0.1) is 0 Å². The number of benzene rings is 3. The highest BCUT2D eigenvalue weighted by Crippen LogP contribution is 2.22. The van der Waals surface area contributed by atoms with Crippen molar-refractivity contribution in [2.24, 2.45) is 0 Å². The molecule has 1 amide bonds. The van der Waals surface area contributed by atoms with Gasteiger partial charge >= 0.3 is 0 Å². The Morgan fingerprint density at radius 1 is 0.760 bits per heavy atom. The number of amides is 1. The number of hydrogen-bond acceptors (Lipinski definition) is 1. The molecule has 3 rings (SSSR count). The molecule has 3 aromatic rings. The zero-order chi connectivity index (χ0) is 17.5. The Morgan fingerprint density at radius 2 is 1.20 bits per heavy atom. The molecule has 124 valence electrons. The Hall–Kier alpha value is -3.13. The molecule has 0 saturated carbocycles. The Balaban J connectivity index is 1.85. The maximum Gasteiger partial charge on any atom is 0.247 e. The first-order valence-electron chi connectivity index (χ1n) is 8.38. The topological polar surface area (TPSA) is 29.1 Å². The van der Waals surface area contributed by atoms with Gasteiger partial charge in [-0.15, -0.1) is 0 Å². The number of nitrogens with one attached hydrogen (secondary N) is 1. The van der Waals surface area contributed by atoms with Crippen LogP contribution in [0.15, 0.2) is 96.6 Å². The Bertz CT molecular complexity index is 800. The van der Waals surface area contributed by atoms with E-state index < -0.39 is 0 Å². The predicted molar refractivity (Wildman–Crippen MR) is 103 cm³/mol. The van der Waals surface area contributed by atoms with Crippen molar-refractivity contribution in [3.63, 3.8) is 0 Å². The summed E-state index contributed by atoms with van der Waals surface area (Å²) < 4.78 is 0. The van der Waals surface area contributed by atoms with Gasteiger partial charge in [0.2, 0.25) is 5.91 Å². The highest BCUT2D eigenvalue weighted by molar-refractivity contribution is 5.97. The summed E-state index contributed by atoms with van der Waals surface area (Å²) in [5, 5.41) is 3.16. The van der Waals surface area contributed by atoms with Crippen LogP contribution >= 0.6 is 0 Å². The van der Waals surface area contributed by atoms with Gasteiger partial charge in [-0.25, -0.2) is 0 Å². The van der Waals surface area contributed by atoms with E-state index in [0.29, 0.717) is 5.57 Å². The average molecular weight is 327 g/mol. The van der Waals surface area contributed by atoms with Crippen molar-refractivity contribution < 1.29 is 4.79 Å². The summed E-state index contributed by atoms with van der Waals surface area (Å²) in [6.07, 6.45) is 1.91. The molecule has 0 fully saturated rings. The standard InChI is InChI=1S/C23H21NO/c1-18(17-19-11-5-2-6-12-19)23(25)24-22(20-13-7-3-8-14-20)21-15-9-4-10-16-21/h2-17,22H,1H3,(H,24,25). The molecule has 0 spiro atoms. The van der Waals surface area contributed by atoms with Gasteiger partial charge in [-0.05, 0) is 29.7 Å². The lowest BCUT2D eigenvalue weighted by Gasteiger charge is -2.20. The second-order valence-electron chi connectivity index (χ2n) is 5.97. The SMILES string of the molecule is CC(=Cc1ccccc1)C(=O)NC(c1ccccc1)c1ccccc1.